The lowest BCUT2D eigenvalue weighted by Gasteiger charge is -2.20. The summed E-state index contributed by atoms with van der Waals surface area (Å²) in [5.41, 5.74) is 6.52. The number of rotatable bonds is 5. The van der Waals surface area contributed by atoms with Gasteiger partial charge in [0.2, 0.25) is 5.76 Å². The van der Waals surface area contributed by atoms with E-state index in [2.05, 4.69) is 46.5 Å². The molecule has 30 heavy (non-hydrogen) atoms. The van der Waals surface area contributed by atoms with Crippen LogP contribution in [0.1, 0.15) is 44.5 Å². The zero-order valence-corrected chi connectivity index (χ0v) is 17.4. The largest absolute Gasteiger partial charge is 0.350 e. The van der Waals surface area contributed by atoms with E-state index in [0.29, 0.717) is 5.69 Å². The Morgan fingerprint density at radius 1 is 1.03 bits per heavy atom. The summed E-state index contributed by atoms with van der Waals surface area (Å²) in [6.45, 7) is 6.02. The highest BCUT2D eigenvalue weighted by molar-refractivity contribution is 5.93. The minimum Gasteiger partial charge on any atom is -0.350 e. The van der Waals surface area contributed by atoms with E-state index in [1.54, 1.807) is 23.1 Å². The molecule has 7 heteroatoms. The summed E-state index contributed by atoms with van der Waals surface area (Å²) in [6.07, 6.45) is 5.28. The van der Waals surface area contributed by atoms with Gasteiger partial charge in [-0.05, 0) is 55.2 Å². The number of carbonyl (C=O) groups excluding carboxylic acids is 1. The van der Waals surface area contributed by atoms with E-state index >= 15 is 0 Å². The van der Waals surface area contributed by atoms with Crippen molar-refractivity contribution >= 4 is 5.91 Å². The van der Waals surface area contributed by atoms with Gasteiger partial charge in [-0.25, -0.2) is 0 Å². The first-order chi connectivity index (χ1) is 14.4. The number of hydrogen-bond donors (Lipinski definition) is 1. The second-order valence-corrected chi connectivity index (χ2v) is 7.41. The van der Waals surface area contributed by atoms with Crippen molar-refractivity contribution in [2.45, 2.75) is 26.8 Å². The van der Waals surface area contributed by atoms with Crippen LogP contribution in [-0.4, -0.2) is 25.8 Å². The number of aryl methyl sites for hydroxylation is 4. The lowest BCUT2D eigenvalue weighted by atomic mass is 9.96. The highest BCUT2D eigenvalue weighted by Gasteiger charge is 2.22. The maximum atomic E-state index is 13.0. The number of nitrogens with zero attached hydrogens (tertiary/aromatic N) is 4. The van der Waals surface area contributed by atoms with Gasteiger partial charge in [-0.15, -0.1) is 0 Å². The molecule has 0 saturated heterocycles. The summed E-state index contributed by atoms with van der Waals surface area (Å²) >= 11 is 0. The Labute approximate surface area is 174 Å². The first-order valence-corrected chi connectivity index (χ1v) is 9.67. The molecule has 0 saturated carbocycles. The van der Waals surface area contributed by atoms with Gasteiger partial charge in [0.15, 0.2) is 0 Å². The number of hydrogen-bond acceptors (Lipinski definition) is 5. The topological polar surface area (TPSA) is 85.8 Å². The van der Waals surface area contributed by atoms with Crippen molar-refractivity contribution in [3.63, 3.8) is 0 Å². The van der Waals surface area contributed by atoms with Crippen molar-refractivity contribution in [2.24, 2.45) is 7.05 Å². The first kappa shape index (κ1) is 19.6. The fourth-order valence-electron chi connectivity index (χ4n) is 3.42. The molecule has 1 amide bonds. The molecule has 0 spiro atoms. The third kappa shape index (κ3) is 3.87. The average molecular weight is 401 g/mol. The molecule has 4 aromatic rings. The van der Waals surface area contributed by atoms with E-state index in [0.717, 1.165) is 27.9 Å². The van der Waals surface area contributed by atoms with Gasteiger partial charge in [0.25, 0.3) is 5.91 Å². The summed E-state index contributed by atoms with van der Waals surface area (Å²) in [4.78, 5) is 17.1. The van der Waals surface area contributed by atoms with Crippen LogP contribution >= 0.6 is 0 Å². The van der Waals surface area contributed by atoms with Crippen molar-refractivity contribution in [2.75, 3.05) is 0 Å². The Morgan fingerprint density at radius 3 is 2.47 bits per heavy atom. The molecule has 1 N–H and O–H groups in total. The van der Waals surface area contributed by atoms with Crippen LogP contribution < -0.4 is 5.32 Å². The highest BCUT2D eigenvalue weighted by atomic mass is 16.5. The zero-order valence-electron chi connectivity index (χ0n) is 17.4. The van der Waals surface area contributed by atoms with Gasteiger partial charge in [-0.3, -0.25) is 14.5 Å². The van der Waals surface area contributed by atoms with Gasteiger partial charge in [0.05, 0.1) is 11.7 Å². The molecule has 0 bridgehead atoms. The van der Waals surface area contributed by atoms with Crippen LogP contribution in [0.4, 0.5) is 0 Å². The summed E-state index contributed by atoms with van der Waals surface area (Å²) in [5, 5.41) is 11.5. The maximum Gasteiger partial charge on any atom is 0.290 e. The van der Waals surface area contributed by atoms with Gasteiger partial charge in [0.1, 0.15) is 5.69 Å². The Morgan fingerprint density at radius 2 is 1.80 bits per heavy atom. The quantitative estimate of drug-likeness (QED) is 0.548. The number of carbonyl (C=O) groups is 1. The SMILES string of the molecule is Cc1ccc(C(NC(=O)c2cc(-c3cn(C)nc3C)no2)c2ccncc2)cc1C. The molecule has 152 valence electrons. The molecular formula is C23H23N5O2. The molecule has 0 radical (unpaired) electrons. The molecule has 1 aromatic carbocycles. The minimum atomic E-state index is -0.339. The van der Waals surface area contributed by atoms with E-state index in [1.807, 2.05) is 38.4 Å². The van der Waals surface area contributed by atoms with Crippen LogP contribution in [0.25, 0.3) is 11.3 Å². The summed E-state index contributed by atoms with van der Waals surface area (Å²) in [6, 6.07) is 11.3. The van der Waals surface area contributed by atoms with E-state index in [-0.39, 0.29) is 17.7 Å². The molecule has 0 aliphatic heterocycles. The normalized spacial score (nSPS) is 12.0. The van der Waals surface area contributed by atoms with E-state index in [9.17, 15) is 4.79 Å². The van der Waals surface area contributed by atoms with Crippen molar-refractivity contribution in [1.29, 1.82) is 0 Å². The lowest BCUT2D eigenvalue weighted by Crippen LogP contribution is -2.29. The van der Waals surface area contributed by atoms with Gasteiger partial charge in [0, 0.05) is 37.3 Å². The Balaban J connectivity index is 1.64. The molecule has 7 nitrogen and oxygen atoms in total. The molecular weight excluding hydrogens is 378 g/mol. The van der Waals surface area contributed by atoms with E-state index in [4.69, 9.17) is 4.52 Å². The van der Waals surface area contributed by atoms with Gasteiger partial charge < -0.3 is 9.84 Å². The van der Waals surface area contributed by atoms with Gasteiger partial charge >= 0.3 is 0 Å². The fourth-order valence-corrected chi connectivity index (χ4v) is 3.42. The van der Waals surface area contributed by atoms with Crippen molar-refractivity contribution in [1.82, 2.24) is 25.2 Å². The van der Waals surface area contributed by atoms with Crippen LogP contribution in [0.15, 0.2) is 59.5 Å². The Hall–Kier alpha value is -3.74. The van der Waals surface area contributed by atoms with Crippen LogP contribution in [0.2, 0.25) is 0 Å². The molecule has 0 aliphatic carbocycles. The average Bonchev–Trinajstić information content (AvgIpc) is 3.35. The van der Waals surface area contributed by atoms with Gasteiger partial charge in [-0.1, -0.05) is 23.4 Å². The number of pyridine rings is 1. The molecule has 4 rings (SSSR count). The Bertz CT molecular complexity index is 1190. The molecule has 3 aromatic heterocycles. The maximum absolute atomic E-state index is 13.0. The summed E-state index contributed by atoms with van der Waals surface area (Å²) < 4.78 is 7.06. The number of nitrogens with one attached hydrogen (secondary N) is 1. The van der Waals surface area contributed by atoms with Gasteiger partial charge in [-0.2, -0.15) is 5.10 Å². The van der Waals surface area contributed by atoms with Crippen molar-refractivity contribution < 1.29 is 9.32 Å². The van der Waals surface area contributed by atoms with Crippen LogP contribution in [0.5, 0.6) is 0 Å². The standard InChI is InChI=1S/C23H23N5O2/c1-14-5-6-18(11-15(14)2)22(17-7-9-24-10-8-17)25-23(29)21-12-20(27-30-21)19-13-28(4)26-16(19)3/h5-13,22H,1-4H3,(H,25,29). The first-order valence-electron chi connectivity index (χ1n) is 9.67. The third-order valence-corrected chi connectivity index (χ3v) is 5.20. The molecule has 0 aliphatic rings. The Kier molecular flexibility index (Phi) is 5.18. The second-order valence-electron chi connectivity index (χ2n) is 7.41. The van der Waals surface area contributed by atoms with E-state index < -0.39 is 0 Å². The second kappa shape index (κ2) is 7.94. The summed E-state index contributed by atoms with van der Waals surface area (Å²) in [5.74, 6) is -0.188. The van der Waals surface area contributed by atoms with E-state index in [1.165, 1.54) is 5.56 Å². The monoisotopic (exact) mass is 401 g/mol. The fraction of sp³-hybridized carbons (Fsp3) is 0.217. The number of benzene rings is 1. The molecule has 1 unspecified atom stereocenters. The van der Waals surface area contributed by atoms with Crippen LogP contribution in [0, 0.1) is 20.8 Å². The van der Waals surface area contributed by atoms with Crippen LogP contribution in [0.3, 0.4) is 0 Å². The molecule has 1 atom stereocenters. The molecule has 3 heterocycles. The molecule has 0 fully saturated rings. The van der Waals surface area contributed by atoms with Crippen molar-refractivity contribution in [3.8, 4) is 11.3 Å². The predicted molar refractivity (Wildman–Crippen MR) is 113 cm³/mol. The highest BCUT2D eigenvalue weighted by Crippen LogP contribution is 2.26. The lowest BCUT2D eigenvalue weighted by molar-refractivity contribution is 0.0906. The predicted octanol–water partition coefficient (Wildman–Crippen LogP) is 3.91. The summed E-state index contributed by atoms with van der Waals surface area (Å²) in [7, 11) is 1.84. The number of aromatic nitrogens is 4. The van der Waals surface area contributed by atoms with Crippen LogP contribution in [-0.2, 0) is 7.05 Å². The smallest absolute Gasteiger partial charge is 0.290 e. The number of amides is 1. The minimum absolute atomic E-state index is 0.149. The zero-order chi connectivity index (χ0) is 21.3. The third-order valence-electron chi connectivity index (χ3n) is 5.20. The van der Waals surface area contributed by atoms with Crippen molar-refractivity contribution in [3.05, 3.63) is 88.7 Å².